The molecule has 1 amide bonds. The van der Waals surface area contributed by atoms with Crippen LogP contribution in [0.3, 0.4) is 0 Å². The minimum Gasteiger partial charge on any atom is -0.359 e. The van der Waals surface area contributed by atoms with Gasteiger partial charge in [0.15, 0.2) is 17.5 Å². The predicted octanol–water partition coefficient (Wildman–Crippen LogP) is 7.99. The number of pyridine rings is 2. The van der Waals surface area contributed by atoms with Gasteiger partial charge in [-0.25, -0.2) is 18.7 Å². The van der Waals surface area contributed by atoms with E-state index in [9.17, 15) is 29.2 Å². The second-order valence-electron chi connectivity index (χ2n) is 16.7. The summed E-state index contributed by atoms with van der Waals surface area (Å²) in [4.78, 5) is 82.9. The first kappa shape index (κ1) is 56.2. The van der Waals surface area contributed by atoms with Gasteiger partial charge in [-0.2, -0.15) is 0 Å². The molecule has 8 rings (SSSR count). The van der Waals surface area contributed by atoms with Gasteiger partial charge < -0.3 is 52.4 Å². The number of anilines is 2. The maximum absolute atomic E-state index is 15.3. The molecule has 2 aromatic heterocycles. The first-order valence-electron chi connectivity index (χ1n) is 23.1. The number of halogens is 2. The summed E-state index contributed by atoms with van der Waals surface area (Å²) in [6, 6.07) is 18.7. The van der Waals surface area contributed by atoms with Gasteiger partial charge in [-0.1, -0.05) is 24.3 Å². The Morgan fingerprint density at radius 3 is 1.38 bits per heavy atom. The van der Waals surface area contributed by atoms with Crippen LogP contribution < -0.4 is 9.80 Å². The molecule has 21 nitrogen and oxygen atoms in total. The molecule has 396 valence electrons. The second-order valence-corrected chi connectivity index (χ2v) is 24.2. The van der Waals surface area contributed by atoms with E-state index in [1.165, 1.54) is 29.2 Å². The molecule has 2 atom stereocenters. The fraction of sp³-hybridized carbons (Fsp3) is 0.467. The standard InChI is InChI=1S/C23H32FN3O8P2.C22H29FN2O8P2/c1-26(21-7-3-4-10-25-21)11-12-27(2)22(28)19-9-8-18(17-20(19)24)23(36(29)31-13-5-14-32-36)35-37(30)33-15-6-16-34-37;1-25(21-6-2-3-10-24-21)11-9-20(26)18-8-7-17(16-19(18)23)22(34(27)29-12-4-13-30-34)33-35(28)31-14-5-15-32-35/h3-4,7-10,17,23,29-30H,5-6,11-16H2,1-2H3;2-3,6-8,10,16,22,27-28H,4-5,9,11-15H2,1H3. The molecule has 4 aliphatic rings. The topological polar surface area (TPSA) is 243 Å². The zero-order valence-corrected chi connectivity index (χ0v) is 43.6. The Morgan fingerprint density at radius 1 is 0.569 bits per heavy atom. The highest BCUT2D eigenvalue weighted by Crippen LogP contribution is 2.77. The van der Waals surface area contributed by atoms with Crippen LogP contribution in [-0.4, -0.2) is 140 Å². The van der Waals surface area contributed by atoms with E-state index in [2.05, 4.69) is 9.97 Å². The molecule has 4 N–H and O–H groups in total. The predicted molar refractivity (Wildman–Crippen MR) is 264 cm³/mol. The van der Waals surface area contributed by atoms with Gasteiger partial charge in [0.1, 0.15) is 23.3 Å². The zero-order chi connectivity index (χ0) is 51.4. The second kappa shape index (κ2) is 25.8. The fourth-order valence-electron chi connectivity index (χ4n) is 7.32. The fourth-order valence-corrected chi connectivity index (χ4v) is 14.9. The molecule has 0 aliphatic carbocycles. The van der Waals surface area contributed by atoms with Crippen LogP contribution in [0.1, 0.15) is 75.6 Å². The Balaban J connectivity index is 0.000000212. The van der Waals surface area contributed by atoms with Crippen LogP contribution in [0.2, 0.25) is 0 Å². The van der Waals surface area contributed by atoms with E-state index in [1.54, 1.807) is 37.5 Å². The summed E-state index contributed by atoms with van der Waals surface area (Å²) in [5.74, 6) is -3.83. The van der Waals surface area contributed by atoms with Gasteiger partial charge in [-0.3, -0.25) is 36.7 Å². The van der Waals surface area contributed by atoms with Crippen LogP contribution in [0.5, 0.6) is 0 Å². The maximum Gasteiger partial charge on any atom is 0.378 e. The molecule has 0 bridgehead atoms. The molecule has 4 radical (unpaired) electrons. The quantitative estimate of drug-likeness (QED) is 0.0545. The number of hydrogen-bond acceptors (Lipinski definition) is 20. The third kappa shape index (κ3) is 14.9. The van der Waals surface area contributed by atoms with E-state index in [4.69, 9.17) is 45.2 Å². The highest BCUT2D eigenvalue weighted by atomic mass is 31.2. The molecule has 4 aliphatic heterocycles. The van der Waals surface area contributed by atoms with Crippen molar-refractivity contribution < 1.29 is 83.2 Å². The number of hydrogen-bond donors (Lipinski definition) is 4. The minimum atomic E-state index is -3.80. The van der Waals surface area contributed by atoms with Crippen molar-refractivity contribution >= 4 is 55.6 Å². The SMILES string of the molecule is CN(CCC(=O)c1ccc(C(O[P]2(O)OCCCO2)[P]2(O)OCCCO2)cc1F)c1ccccn1.CN(CCN(C)c1ccccn1)C(=O)c1ccc(C(O[P]2(O)OCCCO2)[P]2(O)OCCCO2)cc1F. The number of amides is 1. The van der Waals surface area contributed by atoms with E-state index >= 15 is 8.78 Å². The van der Waals surface area contributed by atoms with Gasteiger partial charge in [0.25, 0.3) is 21.8 Å². The van der Waals surface area contributed by atoms with Gasteiger partial charge in [0.2, 0.25) is 0 Å². The van der Waals surface area contributed by atoms with E-state index in [1.807, 2.05) is 42.3 Å². The summed E-state index contributed by atoms with van der Waals surface area (Å²) in [5.41, 5.74) is 0.000437. The smallest absolute Gasteiger partial charge is 0.359 e. The van der Waals surface area contributed by atoms with Crippen molar-refractivity contribution in [1.82, 2.24) is 14.9 Å². The number of carbonyl (C=O) groups is 2. The van der Waals surface area contributed by atoms with Crippen LogP contribution in [0.25, 0.3) is 0 Å². The molecule has 6 heterocycles. The summed E-state index contributed by atoms with van der Waals surface area (Å²) in [6.45, 7) is 2.85. The Bertz CT molecular complexity index is 2390. The third-order valence-corrected chi connectivity index (χ3v) is 18.8. The van der Waals surface area contributed by atoms with Crippen LogP contribution in [-0.2, 0) is 45.2 Å². The Kier molecular flexibility index (Phi) is 20.2. The first-order chi connectivity index (χ1) is 34.5. The summed E-state index contributed by atoms with van der Waals surface area (Å²) < 4.78 is 85.1. The number of nitrogens with zero attached hydrogens (tertiary/aromatic N) is 5. The van der Waals surface area contributed by atoms with Crippen LogP contribution in [0, 0.1) is 11.6 Å². The van der Waals surface area contributed by atoms with Crippen molar-refractivity contribution in [2.75, 3.05) is 103 Å². The third-order valence-electron chi connectivity index (χ3n) is 11.3. The average molecular weight is 1090 g/mol. The van der Waals surface area contributed by atoms with E-state index in [-0.39, 0.29) is 81.5 Å². The summed E-state index contributed by atoms with van der Waals surface area (Å²) in [7, 11) is -9.76. The Morgan fingerprint density at radius 2 is 0.972 bits per heavy atom. The van der Waals surface area contributed by atoms with Crippen molar-refractivity contribution in [3.8, 4) is 0 Å². The number of aromatic nitrogens is 2. The molecule has 2 aromatic carbocycles. The normalized spacial score (nSPS) is 20.0. The van der Waals surface area contributed by atoms with Gasteiger partial charge in [-0.15, -0.1) is 0 Å². The van der Waals surface area contributed by atoms with Crippen LogP contribution >= 0.6 is 32.2 Å². The lowest BCUT2D eigenvalue weighted by atomic mass is 10.0. The van der Waals surface area contributed by atoms with Gasteiger partial charge in [0, 0.05) is 59.6 Å². The lowest BCUT2D eigenvalue weighted by Gasteiger charge is -2.42. The van der Waals surface area contributed by atoms with Crippen molar-refractivity contribution in [3.63, 3.8) is 0 Å². The Labute approximate surface area is 418 Å². The number of ketones is 1. The van der Waals surface area contributed by atoms with Crippen molar-refractivity contribution in [2.45, 2.75) is 43.8 Å². The van der Waals surface area contributed by atoms with Crippen molar-refractivity contribution in [1.29, 1.82) is 0 Å². The maximum atomic E-state index is 15.3. The molecule has 4 fully saturated rings. The van der Waals surface area contributed by atoms with Crippen LogP contribution in [0.15, 0.2) is 85.2 Å². The molecular formula is C45H61F2N5O16P4. The molecule has 4 aromatic rings. The lowest BCUT2D eigenvalue weighted by molar-refractivity contribution is 0.0182. The average Bonchev–Trinajstić information content (AvgIpc) is 3.39. The number of rotatable bonds is 18. The molecule has 27 heteroatoms. The summed E-state index contributed by atoms with van der Waals surface area (Å²) in [6.07, 6.45) is 5.68. The number of likely N-dealkylation sites (N-methyl/N-ethyl adjacent to an activating group) is 2. The van der Waals surface area contributed by atoms with Gasteiger partial charge in [0.05, 0.1) is 64.0 Å². The van der Waals surface area contributed by atoms with Crippen LogP contribution in [0.4, 0.5) is 20.4 Å². The highest BCUT2D eigenvalue weighted by Gasteiger charge is 2.50. The van der Waals surface area contributed by atoms with E-state index in [0.29, 0.717) is 51.1 Å². The van der Waals surface area contributed by atoms with Crippen molar-refractivity contribution in [3.05, 3.63) is 119 Å². The van der Waals surface area contributed by atoms with Gasteiger partial charge >= 0.3 is 16.3 Å². The summed E-state index contributed by atoms with van der Waals surface area (Å²) >= 11 is 0. The largest absolute Gasteiger partial charge is 0.378 e. The van der Waals surface area contributed by atoms with Crippen molar-refractivity contribution in [2.24, 2.45) is 0 Å². The highest BCUT2D eigenvalue weighted by molar-refractivity contribution is 7.62. The van der Waals surface area contributed by atoms with E-state index < -0.39 is 67.2 Å². The molecule has 0 saturated carbocycles. The number of benzene rings is 2. The van der Waals surface area contributed by atoms with E-state index in [0.717, 1.165) is 18.0 Å². The molecule has 2 unspecified atom stereocenters. The number of Topliss-reactive ketones (excluding diaryl/α,β-unsaturated/α-hetero) is 1. The monoisotopic (exact) mass is 1090 g/mol. The molecule has 72 heavy (non-hydrogen) atoms. The minimum absolute atomic E-state index is 0.0688. The summed E-state index contributed by atoms with van der Waals surface area (Å²) in [5, 5.41) is 0. The Hall–Kier alpha value is -3.50. The molecule has 4 saturated heterocycles. The zero-order valence-electron chi connectivity index (χ0n) is 40.0. The molecule has 0 spiro atoms. The first-order valence-corrected chi connectivity index (χ1v) is 29.4. The lowest BCUT2D eigenvalue weighted by Crippen LogP contribution is -2.35. The van der Waals surface area contributed by atoms with Gasteiger partial charge in [-0.05, 0) is 85.3 Å². The molecular weight excluding hydrogens is 1030 g/mol. The number of carbonyl (C=O) groups excluding carboxylic acids is 2.